The third-order valence-corrected chi connectivity index (χ3v) is 4.98. The van der Waals surface area contributed by atoms with Crippen molar-refractivity contribution in [1.29, 1.82) is 0 Å². The van der Waals surface area contributed by atoms with E-state index in [9.17, 15) is 9.59 Å². The molecule has 0 saturated carbocycles. The lowest BCUT2D eigenvalue weighted by Gasteiger charge is -2.10. The molecule has 0 aliphatic heterocycles. The number of ether oxygens (including phenoxy) is 3. The molecule has 0 fully saturated rings. The van der Waals surface area contributed by atoms with Gasteiger partial charge in [-0.1, -0.05) is 11.8 Å². The van der Waals surface area contributed by atoms with Crippen LogP contribution in [0.2, 0.25) is 0 Å². The Morgan fingerprint density at radius 1 is 1.06 bits per heavy atom. The van der Waals surface area contributed by atoms with Crippen molar-refractivity contribution in [2.75, 3.05) is 31.9 Å². The van der Waals surface area contributed by atoms with E-state index in [1.54, 1.807) is 63.6 Å². The number of tetrazole rings is 1. The summed E-state index contributed by atoms with van der Waals surface area (Å²) >= 11 is 1.18. The first-order chi connectivity index (χ1) is 15.0. The highest BCUT2D eigenvalue weighted by Crippen LogP contribution is 2.30. The summed E-state index contributed by atoms with van der Waals surface area (Å²) in [6.45, 7) is 2.04. The van der Waals surface area contributed by atoms with Crippen LogP contribution >= 0.6 is 11.8 Å². The smallest absolute Gasteiger partial charge is 0.338 e. The fourth-order valence-electron chi connectivity index (χ4n) is 2.62. The Morgan fingerprint density at radius 3 is 2.48 bits per heavy atom. The number of aromatic nitrogens is 4. The Kier molecular flexibility index (Phi) is 7.44. The summed E-state index contributed by atoms with van der Waals surface area (Å²) in [4.78, 5) is 24.0. The number of esters is 1. The van der Waals surface area contributed by atoms with Crippen LogP contribution in [0.3, 0.4) is 0 Å². The van der Waals surface area contributed by atoms with E-state index in [1.807, 2.05) is 0 Å². The van der Waals surface area contributed by atoms with Crippen molar-refractivity contribution in [2.45, 2.75) is 12.1 Å². The minimum atomic E-state index is -0.405. The van der Waals surface area contributed by atoms with Crippen LogP contribution in [0.25, 0.3) is 5.69 Å². The molecule has 1 amide bonds. The Bertz CT molecular complexity index is 1050. The third-order valence-electron chi connectivity index (χ3n) is 4.06. The number of nitrogens with zero attached hydrogens (tertiary/aromatic N) is 4. The number of anilines is 1. The van der Waals surface area contributed by atoms with Gasteiger partial charge in [0, 0.05) is 11.8 Å². The Hall–Kier alpha value is -3.60. The van der Waals surface area contributed by atoms with Crippen molar-refractivity contribution in [1.82, 2.24) is 20.2 Å². The maximum absolute atomic E-state index is 12.3. The lowest BCUT2D eigenvalue weighted by atomic mass is 10.2. The number of carbonyl (C=O) groups excluding carboxylic acids is 2. The Morgan fingerprint density at radius 2 is 1.81 bits per heavy atom. The zero-order valence-electron chi connectivity index (χ0n) is 17.2. The highest BCUT2D eigenvalue weighted by molar-refractivity contribution is 7.99. The summed E-state index contributed by atoms with van der Waals surface area (Å²) in [6.07, 6.45) is 0. The Labute approximate surface area is 182 Å². The molecule has 162 valence electrons. The van der Waals surface area contributed by atoms with Crippen molar-refractivity contribution >= 4 is 29.3 Å². The highest BCUT2D eigenvalue weighted by Gasteiger charge is 2.14. The maximum Gasteiger partial charge on any atom is 0.338 e. The van der Waals surface area contributed by atoms with Gasteiger partial charge in [0.15, 0.2) is 11.5 Å². The van der Waals surface area contributed by atoms with Gasteiger partial charge < -0.3 is 19.5 Å². The van der Waals surface area contributed by atoms with Gasteiger partial charge in [0.25, 0.3) is 0 Å². The fraction of sp³-hybridized carbons (Fsp3) is 0.250. The zero-order valence-corrected chi connectivity index (χ0v) is 18.0. The van der Waals surface area contributed by atoms with Gasteiger partial charge in [-0.3, -0.25) is 4.79 Å². The molecule has 0 atom stereocenters. The molecular formula is C20H21N5O5S. The van der Waals surface area contributed by atoms with Gasteiger partial charge in [0.2, 0.25) is 11.1 Å². The van der Waals surface area contributed by atoms with E-state index in [4.69, 9.17) is 14.2 Å². The molecule has 0 spiro atoms. The predicted molar refractivity (Wildman–Crippen MR) is 114 cm³/mol. The average molecular weight is 443 g/mol. The van der Waals surface area contributed by atoms with E-state index in [-0.39, 0.29) is 11.7 Å². The van der Waals surface area contributed by atoms with Gasteiger partial charge in [-0.15, -0.1) is 5.10 Å². The normalized spacial score (nSPS) is 10.4. The summed E-state index contributed by atoms with van der Waals surface area (Å²) in [5.74, 6) is 0.568. The van der Waals surface area contributed by atoms with Crippen molar-refractivity contribution in [2.24, 2.45) is 0 Å². The van der Waals surface area contributed by atoms with Crippen LogP contribution < -0.4 is 14.8 Å². The van der Waals surface area contributed by atoms with Crippen LogP contribution in [-0.2, 0) is 9.53 Å². The molecule has 31 heavy (non-hydrogen) atoms. The largest absolute Gasteiger partial charge is 0.493 e. The third kappa shape index (κ3) is 5.51. The molecule has 0 aliphatic rings. The van der Waals surface area contributed by atoms with Crippen LogP contribution in [0.15, 0.2) is 47.6 Å². The zero-order chi connectivity index (χ0) is 22.2. The predicted octanol–water partition coefficient (Wildman–Crippen LogP) is 2.59. The van der Waals surface area contributed by atoms with E-state index >= 15 is 0 Å². The minimum Gasteiger partial charge on any atom is -0.493 e. The first-order valence-corrected chi connectivity index (χ1v) is 10.2. The lowest BCUT2D eigenvalue weighted by molar-refractivity contribution is -0.113. The molecule has 2 aromatic carbocycles. The maximum atomic E-state index is 12.3. The minimum absolute atomic E-state index is 0.0906. The molecule has 1 aromatic heterocycles. The van der Waals surface area contributed by atoms with Crippen molar-refractivity contribution in [3.8, 4) is 17.2 Å². The highest BCUT2D eigenvalue weighted by atomic mass is 32.2. The summed E-state index contributed by atoms with van der Waals surface area (Å²) in [6, 6.07) is 11.7. The molecule has 0 radical (unpaired) electrons. The van der Waals surface area contributed by atoms with Gasteiger partial charge in [0.1, 0.15) is 0 Å². The number of methoxy groups -OCH3 is 2. The fourth-order valence-corrected chi connectivity index (χ4v) is 3.31. The van der Waals surface area contributed by atoms with Crippen LogP contribution in [0.4, 0.5) is 5.69 Å². The second-order valence-electron chi connectivity index (χ2n) is 6.05. The molecule has 10 nitrogen and oxygen atoms in total. The first kappa shape index (κ1) is 22.1. The van der Waals surface area contributed by atoms with Gasteiger partial charge in [0.05, 0.1) is 37.8 Å². The van der Waals surface area contributed by atoms with Crippen LogP contribution in [0.1, 0.15) is 17.3 Å². The molecule has 1 heterocycles. The summed E-state index contributed by atoms with van der Waals surface area (Å²) in [5.41, 5.74) is 1.65. The molecule has 0 aliphatic carbocycles. The van der Waals surface area contributed by atoms with Crippen molar-refractivity contribution < 1.29 is 23.8 Å². The van der Waals surface area contributed by atoms with Gasteiger partial charge in [-0.25, -0.2) is 4.79 Å². The topological polar surface area (TPSA) is 117 Å². The number of nitrogens with one attached hydrogen (secondary N) is 1. The molecule has 11 heteroatoms. The van der Waals surface area contributed by atoms with E-state index in [0.717, 1.165) is 0 Å². The first-order valence-electron chi connectivity index (χ1n) is 9.26. The molecule has 0 saturated heterocycles. The SMILES string of the molecule is CCOC(=O)c1ccc(NC(=O)CSc2nnnn2-c2ccc(OC)c(OC)c2)cc1. The number of hydrogen-bond donors (Lipinski definition) is 1. The molecule has 3 aromatic rings. The number of rotatable bonds is 9. The lowest BCUT2D eigenvalue weighted by Crippen LogP contribution is -2.15. The van der Waals surface area contributed by atoms with Gasteiger partial charge >= 0.3 is 5.97 Å². The van der Waals surface area contributed by atoms with Gasteiger partial charge in [-0.2, -0.15) is 4.68 Å². The summed E-state index contributed by atoms with van der Waals surface area (Å²) in [7, 11) is 3.10. The van der Waals surface area contributed by atoms with Crippen LogP contribution in [0, 0.1) is 0 Å². The molecule has 0 bridgehead atoms. The average Bonchev–Trinajstić information content (AvgIpc) is 3.26. The van der Waals surface area contributed by atoms with Crippen molar-refractivity contribution in [3.63, 3.8) is 0 Å². The van der Waals surface area contributed by atoms with E-state index < -0.39 is 5.97 Å². The molecule has 0 unspecified atom stereocenters. The second-order valence-corrected chi connectivity index (χ2v) is 6.99. The molecular weight excluding hydrogens is 422 g/mol. The standard InChI is InChI=1S/C20H21N5O5S/c1-4-30-19(27)13-5-7-14(8-6-13)21-18(26)12-31-20-22-23-24-25(20)15-9-10-16(28-2)17(11-15)29-3/h5-11H,4,12H2,1-3H3,(H,21,26). The quantitative estimate of drug-likeness (QED) is 0.393. The monoisotopic (exact) mass is 443 g/mol. The molecule has 1 N–H and O–H groups in total. The molecule has 3 rings (SSSR count). The number of benzene rings is 2. The van der Waals surface area contributed by atoms with E-state index in [0.29, 0.717) is 40.2 Å². The number of carbonyl (C=O) groups is 2. The number of hydrogen-bond acceptors (Lipinski definition) is 9. The number of thioether (sulfide) groups is 1. The summed E-state index contributed by atoms with van der Waals surface area (Å²) < 4.78 is 17.0. The summed E-state index contributed by atoms with van der Waals surface area (Å²) in [5, 5.41) is 14.9. The van der Waals surface area contributed by atoms with Gasteiger partial charge in [-0.05, 0) is 53.7 Å². The van der Waals surface area contributed by atoms with E-state index in [1.165, 1.54) is 16.4 Å². The van der Waals surface area contributed by atoms with Crippen molar-refractivity contribution in [3.05, 3.63) is 48.0 Å². The number of amides is 1. The van der Waals surface area contributed by atoms with Crippen LogP contribution in [0.5, 0.6) is 11.5 Å². The van der Waals surface area contributed by atoms with E-state index in [2.05, 4.69) is 20.8 Å². The van der Waals surface area contributed by atoms with Crippen LogP contribution in [-0.4, -0.2) is 58.7 Å². The second kappa shape index (κ2) is 10.4. The Balaban J connectivity index is 1.62.